The number of piperidine rings is 1. The van der Waals surface area contributed by atoms with Gasteiger partial charge in [-0.25, -0.2) is 12.8 Å². The molecule has 2 fully saturated rings. The van der Waals surface area contributed by atoms with Gasteiger partial charge in [0.15, 0.2) is 0 Å². The summed E-state index contributed by atoms with van der Waals surface area (Å²) >= 11 is 0. The number of rotatable bonds is 3. The Morgan fingerprint density at radius 3 is 2.43 bits per heavy atom. The third-order valence-corrected chi connectivity index (χ3v) is 6.42. The average Bonchev–Trinajstić information content (AvgIpc) is 2.52. The summed E-state index contributed by atoms with van der Waals surface area (Å²) in [6, 6.07) is 6.72. The molecule has 3 rings (SSSR count). The lowest BCUT2D eigenvalue weighted by atomic mass is 9.96. The minimum Gasteiger partial charge on any atom is -0.336 e. The van der Waals surface area contributed by atoms with Crippen molar-refractivity contribution in [3.8, 4) is 0 Å². The highest BCUT2D eigenvalue weighted by molar-refractivity contribution is 7.89. The SMILES string of the molecule is Cc1ccc(S(=O)(=O)N2CCC[C@H](C(=O)N3CC(F)C3)C2)cc1. The average molecular weight is 340 g/mol. The highest BCUT2D eigenvalue weighted by Crippen LogP contribution is 2.26. The number of sulfonamides is 1. The molecule has 7 heteroatoms. The predicted octanol–water partition coefficient (Wildman–Crippen LogP) is 1.58. The van der Waals surface area contributed by atoms with Gasteiger partial charge in [0.2, 0.25) is 15.9 Å². The number of benzene rings is 1. The van der Waals surface area contributed by atoms with E-state index in [2.05, 4.69) is 0 Å². The Morgan fingerprint density at radius 2 is 1.83 bits per heavy atom. The van der Waals surface area contributed by atoms with Crippen LogP contribution in [0.5, 0.6) is 0 Å². The summed E-state index contributed by atoms with van der Waals surface area (Å²) in [5, 5.41) is 0. The van der Waals surface area contributed by atoms with Crippen LogP contribution in [0.15, 0.2) is 29.2 Å². The predicted molar refractivity (Wildman–Crippen MR) is 84.1 cm³/mol. The van der Waals surface area contributed by atoms with Crippen LogP contribution in [-0.4, -0.2) is 55.9 Å². The Hall–Kier alpha value is -1.47. The molecule has 1 amide bonds. The molecule has 0 saturated carbocycles. The van der Waals surface area contributed by atoms with Crippen molar-refractivity contribution in [2.24, 2.45) is 5.92 Å². The third-order valence-electron chi connectivity index (χ3n) is 4.54. The number of nitrogens with zero attached hydrogens (tertiary/aromatic N) is 2. The fourth-order valence-electron chi connectivity index (χ4n) is 3.08. The molecule has 1 aromatic rings. The molecule has 1 atom stereocenters. The van der Waals surface area contributed by atoms with E-state index >= 15 is 0 Å². The lowest BCUT2D eigenvalue weighted by Gasteiger charge is -2.39. The van der Waals surface area contributed by atoms with Crippen LogP contribution in [0.3, 0.4) is 0 Å². The van der Waals surface area contributed by atoms with Crippen LogP contribution < -0.4 is 0 Å². The number of aryl methyl sites for hydroxylation is 1. The van der Waals surface area contributed by atoms with E-state index in [1.54, 1.807) is 24.3 Å². The normalized spacial score (nSPS) is 23.6. The van der Waals surface area contributed by atoms with Gasteiger partial charge in [-0.3, -0.25) is 4.79 Å². The highest BCUT2D eigenvalue weighted by atomic mass is 32.2. The molecule has 0 unspecified atom stereocenters. The molecule has 0 N–H and O–H groups in total. The first kappa shape index (κ1) is 16.4. The van der Waals surface area contributed by atoms with Gasteiger partial charge in [0.05, 0.1) is 23.9 Å². The largest absolute Gasteiger partial charge is 0.336 e. The van der Waals surface area contributed by atoms with Gasteiger partial charge in [-0.1, -0.05) is 17.7 Å². The fraction of sp³-hybridized carbons (Fsp3) is 0.562. The first-order valence-corrected chi connectivity index (χ1v) is 9.31. The number of carbonyl (C=O) groups is 1. The zero-order chi connectivity index (χ0) is 16.6. The van der Waals surface area contributed by atoms with E-state index in [0.29, 0.717) is 19.4 Å². The number of likely N-dealkylation sites (tertiary alicyclic amines) is 1. The number of hydrogen-bond donors (Lipinski definition) is 0. The van der Waals surface area contributed by atoms with Crippen LogP contribution >= 0.6 is 0 Å². The minimum atomic E-state index is -3.58. The molecule has 126 valence electrons. The van der Waals surface area contributed by atoms with Gasteiger partial charge in [0.1, 0.15) is 6.17 Å². The summed E-state index contributed by atoms with van der Waals surface area (Å²) in [5.74, 6) is -0.487. The second-order valence-electron chi connectivity index (χ2n) is 6.36. The van der Waals surface area contributed by atoms with E-state index in [9.17, 15) is 17.6 Å². The molecule has 5 nitrogen and oxygen atoms in total. The van der Waals surface area contributed by atoms with E-state index in [1.165, 1.54) is 9.21 Å². The van der Waals surface area contributed by atoms with Crippen LogP contribution in [0.4, 0.5) is 4.39 Å². The fourth-order valence-corrected chi connectivity index (χ4v) is 4.61. The zero-order valence-electron chi connectivity index (χ0n) is 13.1. The Bertz CT molecular complexity index is 684. The molecular weight excluding hydrogens is 319 g/mol. The Balaban J connectivity index is 1.72. The standard InChI is InChI=1S/C16H21FN2O3S/c1-12-4-6-15(7-5-12)23(21,22)19-8-2-3-13(9-19)16(20)18-10-14(17)11-18/h4-7,13-14H,2-3,8-11H2,1H3/t13-/m0/s1. The topological polar surface area (TPSA) is 57.7 Å². The second kappa shape index (κ2) is 6.20. The monoisotopic (exact) mass is 340 g/mol. The lowest BCUT2D eigenvalue weighted by Crippen LogP contribution is -2.55. The third kappa shape index (κ3) is 3.26. The van der Waals surface area contributed by atoms with Crippen molar-refractivity contribution in [3.63, 3.8) is 0 Å². The summed E-state index contributed by atoms with van der Waals surface area (Å²) < 4.78 is 39.7. The number of halogens is 1. The Labute approximate surface area is 136 Å². The van der Waals surface area contributed by atoms with Gasteiger partial charge in [0, 0.05) is 13.1 Å². The quantitative estimate of drug-likeness (QED) is 0.839. The minimum absolute atomic E-state index is 0.122. The van der Waals surface area contributed by atoms with Gasteiger partial charge in [0.25, 0.3) is 0 Å². The molecule has 0 bridgehead atoms. The van der Waals surface area contributed by atoms with E-state index < -0.39 is 16.2 Å². The smallest absolute Gasteiger partial charge is 0.243 e. The molecule has 0 radical (unpaired) electrons. The van der Waals surface area contributed by atoms with Crippen molar-refractivity contribution >= 4 is 15.9 Å². The Kier molecular flexibility index (Phi) is 4.42. The van der Waals surface area contributed by atoms with Crippen LogP contribution in [0.2, 0.25) is 0 Å². The second-order valence-corrected chi connectivity index (χ2v) is 8.29. The summed E-state index contributed by atoms with van der Waals surface area (Å²) in [6.07, 6.45) is 0.371. The molecule has 2 aliphatic rings. The van der Waals surface area contributed by atoms with Gasteiger partial charge in [-0.2, -0.15) is 4.31 Å². The van der Waals surface area contributed by atoms with Crippen molar-refractivity contribution < 1.29 is 17.6 Å². The van der Waals surface area contributed by atoms with Gasteiger partial charge >= 0.3 is 0 Å². The maximum Gasteiger partial charge on any atom is 0.243 e. The molecule has 1 aromatic carbocycles. The molecule has 2 saturated heterocycles. The van der Waals surface area contributed by atoms with E-state index in [0.717, 1.165) is 5.56 Å². The number of alkyl halides is 1. The molecule has 0 aromatic heterocycles. The summed E-state index contributed by atoms with van der Waals surface area (Å²) in [5.41, 5.74) is 0.995. The first-order valence-electron chi connectivity index (χ1n) is 7.87. The van der Waals surface area contributed by atoms with Crippen molar-refractivity contribution in [3.05, 3.63) is 29.8 Å². The molecule has 0 spiro atoms. The summed E-state index contributed by atoms with van der Waals surface area (Å²) in [4.78, 5) is 14.1. The van der Waals surface area contributed by atoms with Crippen LogP contribution in [0.1, 0.15) is 18.4 Å². The van der Waals surface area contributed by atoms with Gasteiger partial charge < -0.3 is 4.90 Å². The molecule has 23 heavy (non-hydrogen) atoms. The number of carbonyl (C=O) groups excluding carboxylic acids is 1. The van der Waals surface area contributed by atoms with E-state index in [4.69, 9.17) is 0 Å². The molecular formula is C16H21FN2O3S. The van der Waals surface area contributed by atoms with E-state index in [-0.39, 0.29) is 36.4 Å². The first-order chi connectivity index (χ1) is 10.9. The van der Waals surface area contributed by atoms with Crippen molar-refractivity contribution in [2.75, 3.05) is 26.2 Å². The van der Waals surface area contributed by atoms with Crippen LogP contribution in [0, 0.1) is 12.8 Å². The molecule has 2 aliphatic heterocycles. The Morgan fingerprint density at radius 1 is 1.17 bits per heavy atom. The zero-order valence-corrected chi connectivity index (χ0v) is 13.9. The molecule has 0 aliphatic carbocycles. The summed E-state index contributed by atoms with van der Waals surface area (Å²) in [6.45, 7) is 2.78. The maximum absolute atomic E-state index is 12.9. The number of amides is 1. The summed E-state index contributed by atoms with van der Waals surface area (Å²) in [7, 11) is -3.58. The van der Waals surface area contributed by atoms with Crippen LogP contribution in [0.25, 0.3) is 0 Å². The van der Waals surface area contributed by atoms with Gasteiger partial charge in [-0.05, 0) is 31.9 Å². The lowest BCUT2D eigenvalue weighted by molar-refractivity contribution is -0.143. The van der Waals surface area contributed by atoms with E-state index in [1.807, 2.05) is 6.92 Å². The molecule has 2 heterocycles. The van der Waals surface area contributed by atoms with Crippen molar-refractivity contribution in [2.45, 2.75) is 30.8 Å². The van der Waals surface area contributed by atoms with Gasteiger partial charge in [-0.15, -0.1) is 0 Å². The van der Waals surface area contributed by atoms with Crippen LogP contribution in [-0.2, 0) is 14.8 Å². The van der Waals surface area contributed by atoms with Crippen molar-refractivity contribution in [1.29, 1.82) is 0 Å². The highest BCUT2D eigenvalue weighted by Gasteiger charge is 2.38. The van der Waals surface area contributed by atoms with Crippen molar-refractivity contribution in [1.82, 2.24) is 9.21 Å². The number of hydrogen-bond acceptors (Lipinski definition) is 3. The maximum atomic E-state index is 12.9.